The van der Waals surface area contributed by atoms with E-state index in [-0.39, 0.29) is 6.61 Å². The molecule has 26 heavy (non-hydrogen) atoms. The van der Waals surface area contributed by atoms with E-state index in [9.17, 15) is 0 Å². The van der Waals surface area contributed by atoms with Crippen molar-refractivity contribution in [3.63, 3.8) is 0 Å². The zero-order valence-electron chi connectivity index (χ0n) is 15.3. The lowest BCUT2D eigenvalue weighted by Crippen LogP contribution is -2.28. The molecule has 0 saturated heterocycles. The third-order valence-corrected chi connectivity index (χ3v) is 4.48. The molecule has 0 spiro atoms. The first-order valence-corrected chi connectivity index (χ1v) is 9.50. The minimum Gasteiger partial charge on any atom is -0.493 e. The molecular weight excluding hydrogens is 396 g/mol. The van der Waals surface area contributed by atoms with Crippen molar-refractivity contribution in [2.24, 2.45) is 0 Å². The lowest BCUT2D eigenvalue weighted by Gasteiger charge is -2.15. The van der Waals surface area contributed by atoms with Crippen LogP contribution < -0.4 is 20.1 Å². The smallest absolute Gasteiger partial charge is 0.175 e. The van der Waals surface area contributed by atoms with Crippen molar-refractivity contribution in [2.45, 2.75) is 20.1 Å². The Labute approximate surface area is 163 Å². The molecule has 6 heteroatoms. The van der Waals surface area contributed by atoms with Crippen LogP contribution in [0.15, 0.2) is 40.9 Å². The number of aliphatic hydroxyl groups excluding tert-OH is 1. The quantitative estimate of drug-likeness (QED) is 0.485. The van der Waals surface area contributed by atoms with E-state index in [1.807, 2.05) is 12.1 Å². The van der Waals surface area contributed by atoms with Crippen LogP contribution in [0.5, 0.6) is 11.5 Å². The van der Waals surface area contributed by atoms with Crippen molar-refractivity contribution in [3.8, 4) is 11.5 Å². The lowest BCUT2D eigenvalue weighted by atomic mass is 10.1. The molecule has 5 nitrogen and oxygen atoms in total. The van der Waals surface area contributed by atoms with Crippen LogP contribution in [0.2, 0.25) is 0 Å². The molecule has 0 bridgehead atoms. The summed E-state index contributed by atoms with van der Waals surface area (Å²) in [6.45, 7) is 5.71. The molecule has 142 valence electrons. The van der Waals surface area contributed by atoms with Gasteiger partial charge in [-0.05, 0) is 46.1 Å². The van der Waals surface area contributed by atoms with Gasteiger partial charge in [-0.25, -0.2) is 0 Å². The largest absolute Gasteiger partial charge is 0.493 e. The van der Waals surface area contributed by atoms with Crippen LogP contribution in [-0.2, 0) is 13.2 Å². The van der Waals surface area contributed by atoms with Gasteiger partial charge >= 0.3 is 0 Å². The van der Waals surface area contributed by atoms with Crippen molar-refractivity contribution in [3.05, 3.63) is 57.6 Å². The van der Waals surface area contributed by atoms with Crippen LogP contribution in [0.25, 0.3) is 0 Å². The number of hydrogen-bond acceptors (Lipinski definition) is 5. The summed E-state index contributed by atoms with van der Waals surface area (Å²) in [6, 6.07) is 12.3. The number of ether oxygens (including phenoxy) is 2. The van der Waals surface area contributed by atoms with Gasteiger partial charge in [-0.15, -0.1) is 0 Å². The highest BCUT2D eigenvalue weighted by Crippen LogP contribution is 2.37. The van der Waals surface area contributed by atoms with Gasteiger partial charge in [0.2, 0.25) is 0 Å². The molecule has 2 rings (SSSR count). The fourth-order valence-electron chi connectivity index (χ4n) is 2.47. The second-order valence-electron chi connectivity index (χ2n) is 6.03. The summed E-state index contributed by atoms with van der Waals surface area (Å²) in [4.78, 5) is 0. The van der Waals surface area contributed by atoms with E-state index in [0.29, 0.717) is 24.7 Å². The highest BCUT2D eigenvalue weighted by molar-refractivity contribution is 9.10. The minimum absolute atomic E-state index is 0.161. The Morgan fingerprint density at radius 2 is 1.73 bits per heavy atom. The van der Waals surface area contributed by atoms with Gasteiger partial charge in [-0.1, -0.05) is 29.8 Å². The van der Waals surface area contributed by atoms with Crippen molar-refractivity contribution < 1.29 is 14.6 Å². The Bertz CT molecular complexity index is 678. The topological polar surface area (TPSA) is 62.8 Å². The summed E-state index contributed by atoms with van der Waals surface area (Å²) in [5, 5.41) is 15.2. The molecule has 0 aromatic heterocycles. The number of nitrogens with one attached hydrogen (secondary N) is 2. The monoisotopic (exact) mass is 422 g/mol. The van der Waals surface area contributed by atoms with E-state index in [1.54, 1.807) is 7.11 Å². The SMILES string of the molecule is COc1cc(CNCCNCCO)cc(Br)c1OCc1ccc(C)cc1. The third kappa shape index (κ3) is 6.61. The van der Waals surface area contributed by atoms with Crippen molar-refractivity contribution >= 4 is 15.9 Å². The molecular formula is C20H27BrN2O3. The molecule has 0 saturated carbocycles. The van der Waals surface area contributed by atoms with Gasteiger partial charge in [0.1, 0.15) is 6.61 Å². The van der Waals surface area contributed by atoms with E-state index in [0.717, 1.165) is 35.2 Å². The summed E-state index contributed by atoms with van der Waals surface area (Å²) in [5.41, 5.74) is 3.46. The summed E-state index contributed by atoms with van der Waals surface area (Å²) in [6.07, 6.45) is 0. The molecule has 3 N–H and O–H groups in total. The second kappa shape index (κ2) is 11.2. The van der Waals surface area contributed by atoms with Gasteiger partial charge in [0, 0.05) is 26.2 Å². The third-order valence-electron chi connectivity index (χ3n) is 3.89. The zero-order valence-corrected chi connectivity index (χ0v) is 16.9. The summed E-state index contributed by atoms with van der Waals surface area (Å²) >= 11 is 3.59. The lowest BCUT2D eigenvalue weighted by molar-refractivity contribution is 0.282. The zero-order chi connectivity index (χ0) is 18.8. The maximum absolute atomic E-state index is 8.73. The van der Waals surface area contributed by atoms with Gasteiger partial charge in [0.15, 0.2) is 11.5 Å². The Hall–Kier alpha value is -1.60. The molecule has 0 radical (unpaired) electrons. The molecule has 2 aromatic carbocycles. The first kappa shape index (κ1) is 20.7. The predicted molar refractivity (Wildman–Crippen MR) is 108 cm³/mol. The first-order chi connectivity index (χ1) is 12.6. The Kier molecular flexibility index (Phi) is 8.91. The van der Waals surface area contributed by atoms with Crippen LogP contribution in [0.1, 0.15) is 16.7 Å². The highest BCUT2D eigenvalue weighted by Gasteiger charge is 2.12. The number of rotatable bonds is 11. The summed E-state index contributed by atoms with van der Waals surface area (Å²) < 4.78 is 12.4. The van der Waals surface area contributed by atoms with E-state index >= 15 is 0 Å². The van der Waals surface area contributed by atoms with E-state index < -0.39 is 0 Å². The molecule has 0 aliphatic heterocycles. The molecule has 0 aliphatic carbocycles. The van der Waals surface area contributed by atoms with Crippen LogP contribution in [0.4, 0.5) is 0 Å². The van der Waals surface area contributed by atoms with Crippen molar-refractivity contribution in [1.82, 2.24) is 10.6 Å². The summed E-state index contributed by atoms with van der Waals surface area (Å²) in [7, 11) is 1.65. The highest BCUT2D eigenvalue weighted by atomic mass is 79.9. The number of aliphatic hydroxyl groups is 1. The number of methoxy groups -OCH3 is 1. The Balaban J connectivity index is 1.94. The Morgan fingerprint density at radius 1 is 1.00 bits per heavy atom. The van der Waals surface area contributed by atoms with Crippen molar-refractivity contribution in [2.75, 3.05) is 33.4 Å². The molecule has 0 heterocycles. The summed E-state index contributed by atoms with van der Waals surface area (Å²) in [5.74, 6) is 1.42. The van der Waals surface area contributed by atoms with E-state index in [2.05, 4.69) is 57.8 Å². The Morgan fingerprint density at radius 3 is 2.42 bits per heavy atom. The van der Waals surface area contributed by atoms with Gasteiger partial charge in [-0.2, -0.15) is 0 Å². The number of benzene rings is 2. The molecule has 0 unspecified atom stereocenters. The molecule has 0 fully saturated rings. The maximum atomic E-state index is 8.73. The van der Waals surface area contributed by atoms with Crippen LogP contribution in [0, 0.1) is 6.92 Å². The fraction of sp³-hybridized carbons (Fsp3) is 0.400. The fourth-order valence-corrected chi connectivity index (χ4v) is 3.07. The molecule has 2 aromatic rings. The number of halogens is 1. The second-order valence-corrected chi connectivity index (χ2v) is 6.89. The normalized spacial score (nSPS) is 10.8. The van der Waals surface area contributed by atoms with Crippen LogP contribution >= 0.6 is 15.9 Å². The minimum atomic E-state index is 0.161. The first-order valence-electron chi connectivity index (χ1n) is 8.71. The van der Waals surface area contributed by atoms with Gasteiger partial charge in [0.05, 0.1) is 18.2 Å². The average molecular weight is 423 g/mol. The number of aryl methyl sites for hydroxylation is 1. The predicted octanol–water partition coefficient (Wildman–Crippen LogP) is 3.02. The average Bonchev–Trinajstić information content (AvgIpc) is 2.64. The maximum Gasteiger partial charge on any atom is 0.175 e. The van der Waals surface area contributed by atoms with Crippen molar-refractivity contribution in [1.29, 1.82) is 0 Å². The van der Waals surface area contributed by atoms with Gasteiger partial charge < -0.3 is 25.2 Å². The molecule has 0 atom stereocenters. The van der Waals surface area contributed by atoms with E-state index in [1.165, 1.54) is 5.56 Å². The molecule has 0 aliphatic rings. The molecule has 0 amide bonds. The van der Waals surface area contributed by atoms with Crippen LogP contribution in [0.3, 0.4) is 0 Å². The number of hydrogen-bond donors (Lipinski definition) is 3. The van der Waals surface area contributed by atoms with E-state index in [4.69, 9.17) is 14.6 Å². The van der Waals surface area contributed by atoms with Crippen LogP contribution in [-0.4, -0.2) is 38.5 Å². The van der Waals surface area contributed by atoms with Gasteiger partial charge in [-0.3, -0.25) is 0 Å². The standard InChI is InChI=1S/C20H27BrN2O3/c1-15-3-5-16(6-4-15)14-26-20-18(21)11-17(12-19(20)25-2)13-23-8-7-22-9-10-24/h3-6,11-12,22-24H,7-10,13-14H2,1-2H3. The van der Waals surface area contributed by atoms with Gasteiger partial charge in [0.25, 0.3) is 0 Å².